The summed E-state index contributed by atoms with van der Waals surface area (Å²) < 4.78 is 0. The van der Waals surface area contributed by atoms with E-state index in [1.807, 2.05) is 0 Å². The van der Waals surface area contributed by atoms with Gasteiger partial charge in [0.05, 0.1) is 5.54 Å². The molecule has 0 radical (unpaired) electrons. The molecule has 0 aromatic heterocycles. The van der Waals surface area contributed by atoms with Crippen LogP contribution in [0, 0.1) is 5.92 Å². The first-order valence-electron chi connectivity index (χ1n) is 15.3. The van der Waals surface area contributed by atoms with Crippen molar-refractivity contribution in [3.05, 3.63) is 150 Å². The molecule has 5 aromatic carbocycles. The third-order valence-corrected chi connectivity index (χ3v) is 10.6. The van der Waals surface area contributed by atoms with Gasteiger partial charge >= 0.3 is 0 Å². The molecule has 0 amide bonds. The van der Waals surface area contributed by atoms with E-state index < -0.39 is 0 Å². The average molecular weight is 544 g/mol. The molecule has 42 heavy (non-hydrogen) atoms. The van der Waals surface area contributed by atoms with Gasteiger partial charge in [-0.05, 0) is 62.7 Å². The van der Waals surface area contributed by atoms with Gasteiger partial charge in [0.1, 0.15) is 0 Å². The molecule has 1 nitrogen and oxygen atoms in total. The highest BCUT2D eigenvalue weighted by atomic mass is 15.2. The number of anilines is 2. The fourth-order valence-electron chi connectivity index (χ4n) is 8.46. The van der Waals surface area contributed by atoms with Gasteiger partial charge in [-0.1, -0.05) is 149 Å². The minimum Gasteiger partial charge on any atom is -0.331 e. The van der Waals surface area contributed by atoms with Crippen molar-refractivity contribution in [2.75, 3.05) is 4.90 Å². The van der Waals surface area contributed by atoms with E-state index in [9.17, 15) is 0 Å². The molecule has 3 aliphatic rings. The largest absolute Gasteiger partial charge is 0.331 e. The summed E-state index contributed by atoms with van der Waals surface area (Å²) in [6, 6.07) is 40.4. The van der Waals surface area contributed by atoms with Crippen molar-refractivity contribution in [3.63, 3.8) is 0 Å². The Bertz CT molecular complexity index is 1950. The molecule has 2 heterocycles. The van der Waals surface area contributed by atoms with E-state index in [0.29, 0.717) is 0 Å². The first-order valence-corrected chi connectivity index (χ1v) is 15.3. The molecule has 0 bridgehead atoms. The smallest absolute Gasteiger partial charge is 0.0680 e. The van der Waals surface area contributed by atoms with Crippen molar-refractivity contribution in [2.45, 2.75) is 51.0 Å². The number of fused-ring (bicyclic) bond motifs is 5. The van der Waals surface area contributed by atoms with Crippen LogP contribution in [0.4, 0.5) is 11.4 Å². The van der Waals surface area contributed by atoms with Crippen LogP contribution in [0.5, 0.6) is 0 Å². The zero-order valence-electron chi connectivity index (χ0n) is 25.1. The first kappa shape index (κ1) is 25.4. The lowest BCUT2D eigenvalue weighted by atomic mass is 9.56. The van der Waals surface area contributed by atoms with E-state index in [4.69, 9.17) is 0 Å². The summed E-state index contributed by atoms with van der Waals surface area (Å²) >= 11 is 0. The maximum absolute atomic E-state index is 2.68. The fourth-order valence-corrected chi connectivity index (χ4v) is 8.46. The lowest BCUT2D eigenvalue weighted by Gasteiger charge is -2.60. The third kappa shape index (κ3) is 3.25. The summed E-state index contributed by atoms with van der Waals surface area (Å²) in [4.78, 5) is 2.68. The molecule has 1 aliphatic carbocycles. The molecule has 0 fully saturated rings. The van der Waals surface area contributed by atoms with Gasteiger partial charge < -0.3 is 4.90 Å². The topological polar surface area (TPSA) is 3.24 Å². The molecule has 5 aromatic rings. The molecule has 0 spiro atoms. The number of hydrogen-bond donors (Lipinski definition) is 0. The van der Waals surface area contributed by atoms with E-state index in [-0.39, 0.29) is 22.3 Å². The number of benzene rings is 5. The van der Waals surface area contributed by atoms with Gasteiger partial charge in [0.2, 0.25) is 0 Å². The number of rotatable bonds is 2. The Balaban J connectivity index is 1.34. The number of allylic oxidation sites excluding steroid dienone is 2. The van der Waals surface area contributed by atoms with Gasteiger partial charge in [-0.2, -0.15) is 0 Å². The fraction of sp³-hybridized carbons (Fsp3) is 0.220. The normalized spacial score (nSPS) is 22.6. The van der Waals surface area contributed by atoms with Crippen LogP contribution < -0.4 is 4.90 Å². The highest BCUT2D eigenvalue weighted by molar-refractivity contribution is 6.04. The highest BCUT2D eigenvalue weighted by Crippen LogP contribution is 2.62. The van der Waals surface area contributed by atoms with Crippen molar-refractivity contribution in [2.24, 2.45) is 5.92 Å². The van der Waals surface area contributed by atoms with E-state index in [2.05, 4.69) is 167 Å². The summed E-state index contributed by atoms with van der Waals surface area (Å²) in [5.41, 5.74) is 11.9. The van der Waals surface area contributed by atoms with Crippen LogP contribution in [0.3, 0.4) is 0 Å². The van der Waals surface area contributed by atoms with Gasteiger partial charge in [-0.25, -0.2) is 0 Å². The van der Waals surface area contributed by atoms with Crippen molar-refractivity contribution >= 4 is 27.7 Å². The Labute approximate surface area is 249 Å². The minimum absolute atomic E-state index is 0.0590. The maximum Gasteiger partial charge on any atom is 0.0680 e. The Hall–Kier alpha value is -4.36. The van der Waals surface area contributed by atoms with Gasteiger partial charge in [-0.3, -0.25) is 0 Å². The molecule has 0 saturated heterocycles. The second-order valence-corrected chi connectivity index (χ2v) is 13.6. The monoisotopic (exact) mass is 543 g/mol. The Morgan fingerprint density at radius 1 is 0.571 bits per heavy atom. The van der Waals surface area contributed by atoms with Crippen molar-refractivity contribution < 1.29 is 0 Å². The van der Waals surface area contributed by atoms with E-state index in [1.165, 1.54) is 61.1 Å². The van der Waals surface area contributed by atoms with E-state index in [1.54, 1.807) is 0 Å². The second kappa shape index (κ2) is 8.58. The molecule has 1 heteroatoms. The third-order valence-electron chi connectivity index (χ3n) is 10.6. The molecule has 206 valence electrons. The summed E-state index contributed by atoms with van der Waals surface area (Å²) in [5.74, 6) is 0.273. The lowest BCUT2D eigenvalue weighted by Crippen LogP contribution is -2.60. The highest BCUT2D eigenvalue weighted by Gasteiger charge is 2.56. The van der Waals surface area contributed by atoms with E-state index >= 15 is 0 Å². The minimum atomic E-state index is -0.206. The van der Waals surface area contributed by atoms with Crippen LogP contribution in [0.25, 0.3) is 27.5 Å². The molecule has 2 unspecified atom stereocenters. The van der Waals surface area contributed by atoms with Crippen LogP contribution in [-0.4, -0.2) is 5.54 Å². The van der Waals surface area contributed by atoms with E-state index in [0.717, 1.165) is 0 Å². The SMILES string of the molecule is CC1(C)c2ccccc2N2c3c1cccc3C(C)(C)C1C=C(c3ccc(-c4ccccc4)c4ccccc34)C=CC12C. The molecular formula is C41H37N. The zero-order valence-corrected chi connectivity index (χ0v) is 25.1. The predicted octanol–water partition coefficient (Wildman–Crippen LogP) is 10.6. The maximum atomic E-state index is 2.68. The van der Waals surface area contributed by atoms with Crippen molar-refractivity contribution in [1.29, 1.82) is 0 Å². The summed E-state index contributed by atoms with van der Waals surface area (Å²) in [6.07, 6.45) is 7.48. The summed E-state index contributed by atoms with van der Waals surface area (Å²) in [7, 11) is 0. The molecule has 2 aliphatic heterocycles. The molecule has 0 saturated carbocycles. The van der Waals surface area contributed by atoms with Crippen LogP contribution in [0.1, 0.15) is 56.9 Å². The van der Waals surface area contributed by atoms with Crippen LogP contribution in [0.2, 0.25) is 0 Å². The predicted molar refractivity (Wildman–Crippen MR) is 179 cm³/mol. The Morgan fingerprint density at radius 2 is 1.19 bits per heavy atom. The standard InChI is InChI=1S/C41H37N/c1-39(2)33-18-11-12-21-36(33)42-38-34(39)19-13-20-35(38)40(3,4)37-26-28(24-25-41(37,42)5)30-23-22-29(27-14-7-6-8-15-27)31-16-9-10-17-32(30)31/h6-26,37H,1-5H3. The Morgan fingerprint density at radius 3 is 1.98 bits per heavy atom. The van der Waals surface area contributed by atoms with Crippen LogP contribution in [0.15, 0.2) is 127 Å². The van der Waals surface area contributed by atoms with Crippen molar-refractivity contribution in [1.82, 2.24) is 0 Å². The van der Waals surface area contributed by atoms with Gasteiger partial charge in [0.25, 0.3) is 0 Å². The van der Waals surface area contributed by atoms with Gasteiger partial charge in [0.15, 0.2) is 0 Å². The quantitative estimate of drug-likeness (QED) is 0.214. The lowest BCUT2D eigenvalue weighted by molar-refractivity contribution is 0.258. The second-order valence-electron chi connectivity index (χ2n) is 13.6. The summed E-state index contributed by atoms with van der Waals surface area (Å²) in [6.45, 7) is 12.1. The number of nitrogens with zero attached hydrogens (tertiary/aromatic N) is 1. The molecule has 8 rings (SSSR count). The molecule has 2 atom stereocenters. The Kier molecular flexibility index (Phi) is 5.18. The number of hydrogen-bond acceptors (Lipinski definition) is 1. The van der Waals surface area contributed by atoms with Crippen molar-refractivity contribution in [3.8, 4) is 11.1 Å². The van der Waals surface area contributed by atoms with Crippen LogP contribution >= 0.6 is 0 Å². The van der Waals surface area contributed by atoms with Crippen LogP contribution in [-0.2, 0) is 10.8 Å². The molecule has 0 N–H and O–H groups in total. The van der Waals surface area contributed by atoms with Gasteiger partial charge in [-0.15, -0.1) is 0 Å². The zero-order chi connectivity index (χ0) is 28.9. The summed E-state index contributed by atoms with van der Waals surface area (Å²) in [5, 5.41) is 2.61. The number of para-hydroxylation sites is 2. The van der Waals surface area contributed by atoms with Gasteiger partial charge in [0, 0.05) is 28.1 Å². The first-order chi connectivity index (χ1) is 20.2. The molecular weight excluding hydrogens is 506 g/mol. The average Bonchev–Trinajstić information content (AvgIpc) is 3.01.